The second-order valence-corrected chi connectivity index (χ2v) is 7.29. The van der Waals surface area contributed by atoms with Crippen LogP contribution in [0.4, 0.5) is 10.5 Å². The highest BCUT2D eigenvalue weighted by atomic mass is 35.5. The number of urea groups is 1. The van der Waals surface area contributed by atoms with Crippen LogP contribution < -0.4 is 15.0 Å². The average molecular weight is 463 g/mol. The second-order valence-electron chi connectivity index (χ2n) is 6.47. The molecular weight excluding hydrogens is 447 g/mol. The van der Waals surface area contributed by atoms with E-state index in [1.54, 1.807) is 24.3 Å². The van der Waals surface area contributed by atoms with E-state index in [0.717, 1.165) is 10.5 Å². The number of nitrogens with one attached hydrogen (secondary N) is 1. The number of hydrogen-bond donors (Lipinski definition) is 1. The standard InChI is InChI=1S/C21H16Cl2N2O6/c1-11-3-5-13(6-4-11)25-20(28)14(19(27)24-21(25)29)7-12-8-15(22)18(16(23)9-12)31-10-17(26)30-2/h3-9H,10H2,1-2H3,(H,24,27,29)/b14-7+. The lowest BCUT2D eigenvalue weighted by Crippen LogP contribution is -2.54. The van der Waals surface area contributed by atoms with Crippen LogP contribution in [0.5, 0.6) is 5.75 Å². The maximum absolute atomic E-state index is 12.9. The molecule has 0 bridgehead atoms. The van der Waals surface area contributed by atoms with Crippen LogP contribution in [0.25, 0.3) is 6.08 Å². The number of ether oxygens (including phenoxy) is 2. The Bertz CT molecular complexity index is 1090. The van der Waals surface area contributed by atoms with Gasteiger partial charge in [0.25, 0.3) is 11.8 Å². The summed E-state index contributed by atoms with van der Waals surface area (Å²) in [5.74, 6) is -2.22. The number of aryl methyl sites for hydroxylation is 1. The minimum absolute atomic E-state index is 0.0479. The zero-order valence-corrected chi connectivity index (χ0v) is 17.9. The molecule has 1 aliphatic rings. The number of barbiturate groups is 1. The van der Waals surface area contributed by atoms with Crippen LogP contribution >= 0.6 is 23.2 Å². The minimum atomic E-state index is -0.850. The average Bonchev–Trinajstić information content (AvgIpc) is 2.71. The number of anilines is 1. The lowest BCUT2D eigenvalue weighted by Gasteiger charge is -2.26. The Labute approximate surface area is 187 Å². The molecule has 0 atom stereocenters. The van der Waals surface area contributed by atoms with Gasteiger partial charge in [0.2, 0.25) is 0 Å². The number of imide groups is 2. The van der Waals surface area contributed by atoms with Crippen molar-refractivity contribution in [2.75, 3.05) is 18.6 Å². The second kappa shape index (κ2) is 9.20. The third-order valence-electron chi connectivity index (χ3n) is 4.29. The van der Waals surface area contributed by atoms with Crippen molar-refractivity contribution >= 4 is 58.8 Å². The summed E-state index contributed by atoms with van der Waals surface area (Å²) in [4.78, 5) is 49.6. The van der Waals surface area contributed by atoms with Crippen molar-refractivity contribution in [2.24, 2.45) is 0 Å². The number of hydrogen-bond acceptors (Lipinski definition) is 6. The van der Waals surface area contributed by atoms with Crippen molar-refractivity contribution in [2.45, 2.75) is 6.92 Å². The Morgan fingerprint density at radius 3 is 2.29 bits per heavy atom. The van der Waals surface area contributed by atoms with Crippen molar-refractivity contribution in [3.63, 3.8) is 0 Å². The van der Waals surface area contributed by atoms with Crippen molar-refractivity contribution in [3.05, 3.63) is 63.1 Å². The SMILES string of the molecule is COC(=O)COc1c(Cl)cc(/C=C2\C(=O)NC(=O)N(c3ccc(C)cc3)C2=O)cc1Cl. The normalized spacial score (nSPS) is 15.2. The molecule has 2 aromatic rings. The fourth-order valence-corrected chi connectivity index (χ4v) is 3.36. The number of rotatable bonds is 5. The fourth-order valence-electron chi connectivity index (χ4n) is 2.74. The third-order valence-corrected chi connectivity index (χ3v) is 4.85. The van der Waals surface area contributed by atoms with E-state index >= 15 is 0 Å². The molecular formula is C21H16Cl2N2O6. The van der Waals surface area contributed by atoms with Gasteiger partial charge in [0, 0.05) is 0 Å². The Hall–Kier alpha value is -3.36. The minimum Gasteiger partial charge on any atom is -0.479 e. The molecule has 0 unspecified atom stereocenters. The predicted octanol–water partition coefficient (Wildman–Crippen LogP) is 3.52. The first-order valence-electron chi connectivity index (χ1n) is 8.88. The van der Waals surface area contributed by atoms with Crippen LogP contribution in [-0.4, -0.2) is 37.5 Å². The number of carbonyl (C=O) groups excluding carboxylic acids is 4. The molecule has 0 spiro atoms. The van der Waals surface area contributed by atoms with Gasteiger partial charge < -0.3 is 9.47 Å². The molecule has 0 radical (unpaired) electrons. The number of carbonyl (C=O) groups is 4. The zero-order chi connectivity index (χ0) is 22.7. The Morgan fingerprint density at radius 1 is 1.10 bits per heavy atom. The molecule has 0 aromatic heterocycles. The molecule has 2 aromatic carbocycles. The molecule has 1 aliphatic heterocycles. The Kier molecular flexibility index (Phi) is 6.62. The summed E-state index contributed by atoms with van der Waals surface area (Å²) < 4.78 is 9.74. The van der Waals surface area contributed by atoms with E-state index in [1.807, 2.05) is 6.92 Å². The smallest absolute Gasteiger partial charge is 0.343 e. The first-order chi connectivity index (χ1) is 14.7. The number of amides is 4. The van der Waals surface area contributed by atoms with Gasteiger partial charge in [0.15, 0.2) is 12.4 Å². The van der Waals surface area contributed by atoms with E-state index in [0.29, 0.717) is 11.3 Å². The third kappa shape index (κ3) is 4.87. The predicted molar refractivity (Wildman–Crippen MR) is 114 cm³/mol. The summed E-state index contributed by atoms with van der Waals surface area (Å²) in [5, 5.41) is 2.25. The fraction of sp³-hybridized carbons (Fsp3) is 0.143. The highest BCUT2D eigenvalue weighted by molar-refractivity contribution is 6.40. The van der Waals surface area contributed by atoms with Crippen molar-refractivity contribution < 1.29 is 28.7 Å². The quantitative estimate of drug-likeness (QED) is 0.414. The van der Waals surface area contributed by atoms with Gasteiger partial charge in [0.05, 0.1) is 22.8 Å². The van der Waals surface area contributed by atoms with E-state index in [4.69, 9.17) is 27.9 Å². The Morgan fingerprint density at radius 2 is 1.71 bits per heavy atom. The summed E-state index contributed by atoms with van der Waals surface area (Å²) in [7, 11) is 1.21. The molecule has 4 amide bonds. The molecule has 1 fully saturated rings. The number of nitrogens with zero attached hydrogens (tertiary/aromatic N) is 1. The summed E-state index contributed by atoms with van der Waals surface area (Å²) in [6.45, 7) is 1.47. The maximum atomic E-state index is 12.9. The van der Waals surface area contributed by atoms with Crippen LogP contribution in [0.15, 0.2) is 42.0 Å². The summed E-state index contributed by atoms with van der Waals surface area (Å²) in [6.07, 6.45) is 1.26. The molecule has 3 rings (SSSR count). The Balaban J connectivity index is 1.93. The van der Waals surface area contributed by atoms with Crippen LogP contribution in [0, 0.1) is 6.92 Å². The number of benzene rings is 2. The van der Waals surface area contributed by atoms with Gasteiger partial charge in [0.1, 0.15) is 5.57 Å². The lowest BCUT2D eigenvalue weighted by molar-refractivity contribution is -0.143. The summed E-state index contributed by atoms with van der Waals surface area (Å²) in [5.41, 5.74) is 1.29. The van der Waals surface area contributed by atoms with Crippen LogP contribution in [0.3, 0.4) is 0 Å². The van der Waals surface area contributed by atoms with Crippen molar-refractivity contribution in [1.82, 2.24) is 5.32 Å². The number of methoxy groups -OCH3 is 1. The van der Waals surface area contributed by atoms with Gasteiger partial charge in [-0.3, -0.25) is 14.9 Å². The van der Waals surface area contributed by atoms with E-state index < -0.39 is 30.4 Å². The monoisotopic (exact) mass is 462 g/mol. The number of esters is 1. The molecule has 31 heavy (non-hydrogen) atoms. The van der Waals surface area contributed by atoms with Crippen LogP contribution in [0.1, 0.15) is 11.1 Å². The van der Waals surface area contributed by atoms with E-state index in [2.05, 4.69) is 10.1 Å². The van der Waals surface area contributed by atoms with Crippen LogP contribution in [0.2, 0.25) is 10.0 Å². The van der Waals surface area contributed by atoms with E-state index in [9.17, 15) is 19.2 Å². The first-order valence-corrected chi connectivity index (χ1v) is 9.63. The largest absolute Gasteiger partial charge is 0.479 e. The topological polar surface area (TPSA) is 102 Å². The highest BCUT2D eigenvalue weighted by Gasteiger charge is 2.36. The van der Waals surface area contributed by atoms with Gasteiger partial charge >= 0.3 is 12.0 Å². The molecule has 160 valence electrons. The van der Waals surface area contributed by atoms with Gasteiger partial charge in [-0.1, -0.05) is 40.9 Å². The van der Waals surface area contributed by atoms with E-state index in [1.165, 1.54) is 25.3 Å². The molecule has 0 saturated carbocycles. The highest BCUT2D eigenvalue weighted by Crippen LogP contribution is 2.35. The molecule has 1 saturated heterocycles. The van der Waals surface area contributed by atoms with Crippen molar-refractivity contribution in [1.29, 1.82) is 0 Å². The molecule has 10 heteroatoms. The summed E-state index contributed by atoms with van der Waals surface area (Å²) >= 11 is 12.3. The molecule has 1 N–H and O–H groups in total. The van der Waals surface area contributed by atoms with Crippen LogP contribution in [-0.2, 0) is 19.1 Å². The molecule has 8 nitrogen and oxygen atoms in total. The van der Waals surface area contributed by atoms with Crippen molar-refractivity contribution in [3.8, 4) is 5.75 Å². The van der Waals surface area contributed by atoms with E-state index in [-0.39, 0.29) is 21.4 Å². The van der Waals surface area contributed by atoms with Gasteiger partial charge in [-0.2, -0.15) is 0 Å². The van der Waals surface area contributed by atoms with Gasteiger partial charge in [-0.15, -0.1) is 0 Å². The maximum Gasteiger partial charge on any atom is 0.343 e. The van der Waals surface area contributed by atoms with Gasteiger partial charge in [-0.05, 0) is 42.8 Å². The van der Waals surface area contributed by atoms with Gasteiger partial charge in [-0.25, -0.2) is 14.5 Å². The first kappa shape index (κ1) is 22.3. The zero-order valence-electron chi connectivity index (χ0n) is 16.4. The number of halogens is 2. The molecule has 1 heterocycles. The summed E-state index contributed by atoms with van der Waals surface area (Å²) in [6, 6.07) is 8.63. The molecule has 0 aliphatic carbocycles. The lowest BCUT2D eigenvalue weighted by atomic mass is 10.1.